The highest BCUT2D eigenvalue weighted by atomic mass is 15.3. The summed E-state index contributed by atoms with van der Waals surface area (Å²) in [5, 5.41) is 4.63. The molecule has 114 valence electrons. The first kappa shape index (κ1) is 14.5. The van der Waals surface area contributed by atoms with Crippen molar-refractivity contribution < 1.29 is 0 Å². The van der Waals surface area contributed by atoms with E-state index in [9.17, 15) is 0 Å². The lowest BCUT2D eigenvalue weighted by Gasteiger charge is -2.38. The Morgan fingerprint density at radius 3 is 3.00 bits per heavy atom. The highest BCUT2D eigenvalue weighted by Crippen LogP contribution is 2.22. The Morgan fingerprint density at radius 1 is 1.38 bits per heavy atom. The van der Waals surface area contributed by atoms with Crippen LogP contribution < -0.4 is 5.73 Å². The van der Waals surface area contributed by atoms with Gasteiger partial charge in [0.05, 0.1) is 0 Å². The van der Waals surface area contributed by atoms with E-state index in [0.29, 0.717) is 18.6 Å². The number of hydrogen-bond acceptors (Lipinski definition) is 4. The molecule has 1 atom stereocenters. The monoisotopic (exact) mass is 287 g/mol. The van der Waals surface area contributed by atoms with Crippen LogP contribution >= 0.6 is 0 Å². The molecule has 0 bridgehead atoms. The van der Waals surface area contributed by atoms with Crippen LogP contribution in [0.1, 0.15) is 44.5 Å². The molecule has 0 amide bonds. The van der Waals surface area contributed by atoms with Gasteiger partial charge < -0.3 is 5.73 Å². The minimum absolute atomic E-state index is 0.504. The fourth-order valence-electron chi connectivity index (χ4n) is 3.38. The number of nitrogens with two attached hydrogens (primary N) is 1. The average Bonchev–Trinajstić information content (AvgIpc) is 2.89. The summed E-state index contributed by atoms with van der Waals surface area (Å²) in [4.78, 5) is 7.31. The molecule has 0 aromatic carbocycles. The second-order valence-electron chi connectivity index (χ2n) is 6.22. The van der Waals surface area contributed by atoms with Crippen LogP contribution in [-0.4, -0.2) is 38.1 Å². The number of hydrogen-bond donors (Lipinski definition) is 1. The fourth-order valence-corrected chi connectivity index (χ4v) is 3.38. The molecule has 5 nitrogen and oxygen atoms in total. The number of nitrogens with zero attached hydrogens (tertiary/aromatic N) is 4. The van der Waals surface area contributed by atoms with Crippen molar-refractivity contribution in [2.24, 2.45) is 5.73 Å². The maximum Gasteiger partial charge on any atom is 0.160 e. The molecule has 1 aliphatic rings. The number of pyridine rings is 1. The van der Waals surface area contributed by atoms with Crippen LogP contribution in [0.4, 0.5) is 0 Å². The molecule has 5 heteroatoms. The van der Waals surface area contributed by atoms with Gasteiger partial charge in [0, 0.05) is 36.8 Å². The second kappa shape index (κ2) is 6.12. The number of piperidine rings is 1. The molecule has 1 saturated heterocycles. The quantitative estimate of drug-likeness (QED) is 0.934. The Labute approximate surface area is 126 Å². The molecule has 1 aliphatic heterocycles. The topological polar surface area (TPSA) is 59.5 Å². The van der Waals surface area contributed by atoms with Crippen molar-refractivity contribution in [2.75, 3.05) is 6.54 Å². The largest absolute Gasteiger partial charge is 0.326 e. The number of likely N-dealkylation sites (tertiary alicyclic amines) is 1. The van der Waals surface area contributed by atoms with E-state index in [1.165, 1.54) is 25.8 Å². The normalized spacial score (nSPS) is 20.5. The minimum Gasteiger partial charge on any atom is -0.326 e. The molecule has 0 radical (unpaired) electrons. The summed E-state index contributed by atoms with van der Waals surface area (Å²) < 4.78 is 1.86. The van der Waals surface area contributed by atoms with E-state index in [1.807, 2.05) is 22.8 Å². The van der Waals surface area contributed by atoms with Crippen LogP contribution in [0.25, 0.3) is 5.65 Å². The van der Waals surface area contributed by atoms with Crippen LogP contribution in [-0.2, 0) is 13.0 Å². The molecule has 3 heterocycles. The van der Waals surface area contributed by atoms with Gasteiger partial charge in [0.15, 0.2) is 11.5 Å². The van der Waals surface area contributed by atoms with Crippen LogP contribution in [0.5, 0.6) is 0 Å². The van der Waals surface area contributed by atoms with Crippen LogP contribution in [0.2, 0.25) is 0 Å². The molecule has 3 rings (SSSR count). The van der Waals surface area contributed by atoms with Crippen LogP contribution in [0.15, 0.2) is 18.3 Å². The lowest BCUT2D eigenvalue weighted by atomic mass is 9.97. The van der Waals surface area contributed by atoms with Crippen molar-refractivity contribution in [1.29, 1.82) is 0 Å². The molecule has 2 aromatic rings. The molecule has 2 N–H and O–H groups in total. The zero-order valence-electron chi connectivity index (χ0n) is 13.0. The van der Waals surface area contributed by atoms with E-state index in [4.69, 9.17) is 10.7 Å². The summed E-state index contributed by atoms with van der Waals surface area (Å²) in [5.41, 5.74) is 7.74. The summed E-state index contributed by atoms with van der Waals surface area (Å²) >= 11 is 0. The van der Waals surface area contributed by atoms with E-state index < -0.39 is 0 Å². The predicted molar refractivity (Wildman–Crippen MR) is 84.1 cm³/mol. The third kappa shape index (κ3) is 2.94. The van der Waals surface area contributed by atoms with Crippen molar-refractivity contribution in [3.8, 4) is 0 Å². The van der Waals surface area contributed by atoms with Gasteiger partial charge in [-0.1, -0.05) is 12.5 Å². The van der Waals surface area contributed by atoms with Gasteiger partial charge in [-0.15, -0.1) is 0 Å². The standard InChI is InChI=1S/C16H25N5/c1-12(2)20-8-4-3-7-14(20)10-15-18-16-13(11-17)6-5-9-21(16)19-15/h5-6,9,12,14H,3-4,7-8,10-11,17H2,1-2H3. The average molecular weight is 287 g/mol. The smallest absolute Gasteiger partial charge is 0.160 e. The third-order valence-corrected chi connectivity index (χ3v) is 4.46. The van der Waals surface area contributed by atoms with Gasteiger partial charge in [0.2, 0.25) is 0 Å². The molecule has 0 spiro atoms. The van der Waals surface area contributed by atoms with E-state index >= 15 is 0 Å². The maximum atomic E-state index is 5.78. The lowest BCUT2D eigenvalue weighted by molar-refractivity contribution is 0.110. The summed E-state index contributed by atoms with van der Waals surface area (Å²) in [5.74, 6) is 0.938. The first-order valence-electron chi connectivity index (χ1n) is 7.98. The molecular weight excluding hydrogens is 262 g/mol. The summed E-state index contributed by atoms with van der Waals surface area (Å²) in [6.07, 6.45) is 6.76. The number of aromatic nitrogens is 3. The van der Waals surface area contributed by atoms with Crippen LogP contribution in [0, 0.1) is 0 Å². The first-order valence-corrected chi connectivity index (χ1v) is 7.98. The zero-order valence-corrected chi connectivity index (χ0v) is 13.0. The Kier molecular flexibility index (Phi) is 4.22. The van der Waals surface area contributed by atoms with Crippen molar-refractivity contribution in [3.05, 3.63) is 29.7 Å². The van der Waals surface area contributed by atoms with E-state index in [0.717, 1.165) is 23.5 Å². The summed E-state index contributed by atoms with van der Waals surface area (Å²) in [7, 11) is 0. The van der Waals surface area contributed by atoms with Crippen molar-refractivity contribution in [1.82, 2.24) is 19.5 Å². The van der Waals surface area contributed by atoms with Gasteiger partial charge in [-0.25, -0.2) is 9.50 Å². The Morgan fingerprint density at radius 2 is 2.24 bits per heavy atom. The van der Waals surface area contributed by atoms with Gasteiger partial charge in [-0.05, 0) is 39.3 Å². The minimum atomic E-state index is 0.504. The molecule has 0 aliphatic carbocycles. The highest BCUT2D eigenvalue weighted by Gasteiger charge is 2.26. The Bertz CT molecular complexity index is 604. The molecule has 0 saturated carbocycles. The Balaban J connectivity index is 1.83. The summed E-state index contributed by atoms with van der Waals surface area (Å²) in [6.45, 7) is 6.26. The zero-order chi connectivity index (χ0) is 14.8. The fraction of sp³-hybridized carbons (Fsp3) is 0.625. The second-order valence-corrected chi connectivity index (χ2v) is 6.22. The van der Waals surface area contributed by atoms with Crippen molar-refractivity contribution in [2.45, 2.75) is 58.2 Å². The SMILES string of the molecule is CC(C)N1CCCCC1Cc1nc2c(CN)cccn2n1. The van der Waals surface area contributed by atoms with Gasteiger partial charge in [0.1, 0.15) is 0 Å². The van der Waals surface area contributed by atoms with Crippen LogP contribution in [0.3, 0.4) is 0 Å². The summed E-state index contributed by atoms with van der Waals surface area (Å²) in [6, 6.07) is 5.16. The van der Waals surface area contributed by atoms with Gasteiger partial charge >= 0.3 is 0 Å². The molecule has 2 aromatic heterocycles. The van der Waals surface area contributed by atoms with Gasteiger partial charge in [-0.3, -0.25) is 4.90 Å². The lowest BCUT2D eigenvalue weighted by Crippen LogP contribution is -2.45. The van der Waals surface area contributed by atoms with Crippen molar-refractivity contribution in [3.63, 3.8) is 0 Å². The highest BCUT2D eigenvalue weighted by molar-refractivity contribution is 5.46. The molecule has 21 heavy (non-hydrogen) atoms. The molecule has 1 fully saturated rings. The Hall–Kier alpha value is -1.46. The van der Waals surface area contributed by atoms with E-state index in [1.54, 1.807) is 0 Å². The van der Waals surface area contributed by atoms with Crippen molar-refractivity contribution >= 4 is 5.65 Å². The first-order chi connectivity index (χ1) is 10.2. The van der Waals surface area contributed by atoms with Gasteiger partial charge in [0.25, 0.3) is 0 Å². The van der Waals surface area contributed by atoms with E-state index in [2.05, 4.69) is 23.8 Å². The third-order valence-electron chi connectivity index (χ3n) is 4.46. The number of rotatable bonds is 4. The molecular formula is C16H25N5. The number of fused-ring (bicyclic) bond motifs is 1. The predicted octanol–water partition coefficient (Wildman–Crippen LogP) is 1.99. The maximum absolute atomic E-state index is 5.78. The van der Waals surface area contributed by atoms with E-state index in [-0.39, 0.29) is 0 Å². The molecule has 1 unspecified atom stereocenters. The van der Waals surface area contributed by atoms with Gasteiger partial charge in [-0.2, -0.15) is 5.10 Å².